The average Bonchev–Trinajstić information content (AvgIpc) is 3.37. The second kappa shape index (κ2) is 8.57. The summed E-state index contributed by atoms with van der Waals surface area (Å²) in [4.78, 5) is 19.0. The van der Waals surface area contributed by atoms with E-state index in [1.54, 1.807) is 6.07 Å². The Bertz CT molecular complexity index is 877. The molecule has 5 heteroatoms. The van der Waals surface area contributed by atoms with Gasteiger partial charge in [-0.3, -0.25) is 4.79 Å². The number of carbonyl (C=O) groups excluding carboxylic acids is 1. The van der Waals surface area contributed by atoms with Crippen molar-refractivity contribution in [3.8, 4) is 10.4 Å². The van der Waals surface area contributed by atoms with Crippen LogP contribution in [0.5, 0.6) is 0 Å². The number of halogens is 1. The number of piperidine rings is 1. The molecule has 0 atom stereocenters. The lowest BCUT2D eigenvalue weighted by molar-refractivity contribution is 0.0797. The first-order chi connectivity index (χ1) is 13.9. The highest BCUT2D eigenvalue weighted by molar-refractivity contribution is 7.17. The summed E-state index contributed by atoms with van der Waals surface area (Å²) in [5.74, 6) is 0.325. The number of amides is 1. The first kappa shape index (κ1) is 20.5. The maximum absolute atomic E-state index is 15.0. The topological polar surface area (TPSA) is 23.6 Å². The third kappa shape index (κ3) is 4.26. The molecule has 3 heterocycles. The number of aryl methyl sites for hydroxylation is 1. The van der Waals surface area contributed by atoms with Gasteiger partial charge in [0.1, 0.15) is 5.82 Å². The molecule has 0 N–H and O–H groups in total. The van der Waals surface area contributed by atoms with Crippen LogP contribution in [-0.4, -0.2) is 47.9 Å². The first-order valence-electron chi connectivity index (χ1n) is 10.9. The zero-order valence-electron chi connectivity index (χ0n) is 17.7. The van der Waals surface area contributed by atoms with Crippen molar-refractivity contribution in [2.45, 2.75) is 58.4 Å². The number of hydrogen-bond donors (Lipinski definition) is 0. The molecule has 2 saturated heterocycles. The molecule has 2 aliphatic rings. The zero-order valence-corrected chi connectivity index (χ0v) is 18.5. The van der Waals surface area contributed by atoms with Gasteiger partial charge in [0.2, 0.25) is 0 Å². The van der Waals surface area contributed by atoms with Crippen LogP contribution in [-0.2, 0) is 0 Å². The second-order valence-electron chi connectivity index (χ2n) is 8.76. The molecule has 4 rings (SSSR count). The van der Waals surface area contributed by atoms with E-state index in [1.165, 1.54) is 11.3 Å². The van der Waals surface area contributed by atoms with Crippen molar-refractivity contribution in [3.05, 3.63) is 46.1 Å². The third-order valence-electron chi connectivity index (χ3n) is 6.49. The van der Waals surface area contributed by atoms with Crippen LogP contribution in [0.25, 0.3) is 10.4 Å². The maximum Gasteiger partial charge on any atom is 0.264 e. The van der Waals surface area contributed by atoms with Crippen LogP contribution in [0.2, 0.25) is 0 Å². The molecule has 0 spiro atoms. The predicted molar refractivity (Wildman–Crippen MR) is 118 cm³/mol. The minimum absolute atomic E-state index is 0.107. The molecular weight excluding hydrogens is 383 g/mol. The maximum atomic E-state index is 15.0. The summed E-state index contributed by atoms with van der Waals surface area (Å²) in [6, 6.07) is 8.26. The van der Waals surface area contributed by atoms with Gasteiger partial charge in [0.05, 0.1) is 4.88 Å². The normalized spacial score (nSPS) is 18.7. The van der Waals surface area contributed by atoms with Gasteiger partial charge in [-0.15, -0.1) is 11.3 Å². The Morgan fingerprint density at radius 1 is 1.10 bits per heavy atom. The number of rotatable bonds is 4. The Morgan fingerprint density at radius 3 is 2.41 bits per heavy atom. The summed E-state index contributed by atoms with van der Waals surface area (Å²) >= 11 is 1.50. The Morgan fingerprint density at radius 2 is 1.79 bits per heavy atom. The lowest BCUT2D eigenvalue weighted by Gasteiger charge is -2.34. The highest BCUT2D eigenvalue weighted by atomic mass is 32.1. The number of benzene rings is 1. The molecule has 2 fully saturated rings. The molecule has 0 aliphatic carbocycles. The molecule has 1 aromatic carbocycles. The molecular formula is C24H31FN2OS. The summed E-state index contributed by atoms with van der Waals surface area (Å²) in [6.45, 7) is 10.2. The van der Waals surface area contributed by atoms with Gasteiger partial charge < -0.3 is 9.80 Å². The highest BCUT2D eigenvalue weighted by Gasteiger charge is 2.26. The molecule has 2 aliphatic heterocycles. The van der Waals surface area contributed by atoms with Crippen LogP contribution in [0.1, 0.15) is 66.2 Å². The Labute approximate surface area is 177 Å². The van der Waals surface area contributed by atoms with Crippen molar-refractivity contribution in [3.63, 3.8) is 0 Å². The molecule has 0 radical (unpaired) electrons. The molecule has 29 heavy (non-hydrogen) atoms. The van der Waals surface area contributed by atoms with E-state index >= 15 is 4.39 Å². The van der Waals surface area contributed by atoms with Gasteiger partial charge in [-0.2, -0.15) is 0 Å². The van der Waals surface area contributed by atoms with Gasteiger partial charge in [0.15, 0.2) is 0 Å². The van der Waals surface area contributed by atoms with Crippen LogP contribution >= 0.6 is 11.3 Å². The van der Waals surface area contributed by atoms with Gasteiger partial charge in [0.25, 0.3) is 5.91 Å². The van der Waals surface area contributed by atoms with E-state index < -0.39 is 0 Å². The van der Waals surface area contributed by atoms with Gasteiger partial charge in [-0.1, -0.05) is 12.1 Å². The molecule has 1 aromatic heterocycles. The number of thiophene rings is 1. The third-order valence-corrected chi connectivity index (χ3v) is 7.76. The van der Waals surface area contributed by atoms with Crippen molar-refractivity contribution in [1.82, 2.24) is 9.80 Å². The number of carbonyl (C=O) groups is 1. The summed E-state index contributed by atoms with van der Waals surface area (Å²) in [5.41, 5.74) is 2.71. The molecule has 156 valence electrons. The minimum atomic E-state index is -0.107. The van der Waals surface area contributed by atoms with E-state index in [-0.39, 0.29) is 11.7 Å². The fourth-order valence-corrected chi connectivity index (χ4v) is 5.78. The SMILES string of the molecule is Cc1cc(-c2ccc(C3CCN(C(C)C)CC3)c(F)c2)sc1C(=O)N1CCCC1. The standard InChI is InChI=1S/C24H31FN2OS/c1-16(2)26-12-8-18(9-13-26)20-7-6-19(15-21(20)25)22-14-17(3)23(29-22)24(28)27-10-4-5-11-27/h6-7,14-16,18H,4-5,8-13H2,1-3H3. The monoisotopic (exact) mass is 414 g/mol. The fourth-order valence-electron chi connectivity index (χ4n) is 4.64. The number of nitrogens with zero attached hydrogens (tertiary/aromatic N) is 2. The van der Waals surface area contributed by atoms with Gasteiger partial charge >= 0.3 is 0 Å². The molecule has 3 nitrogen and oxygen atoms in total. The predicted octanol–water partition coefficient (Wildman–Crippen LogP) is 5.69. The van der Waals surface area contributed by atoms with E-state index in [9.17, 15) is 4.79 Å². The van der Waals surface area contributed by atoms with Crippen LogP contribution in [0.3, 0.4) is 0 Å². The quantitative estimate of drug-likeness (QED) is 0.642. The first-order valence-corrected chi connectivity index (χ1v) is 11.7. The van der Waals surface area contributed by atoms with Crippen LogP contribution < -0.4 is 0 Å². The summed E-state index contributed by atoms with van der Waals surface area (Å²) in [6.07, 6.45) is 4.21. The second-order valence-corrected chi connectivity index (χ2v) is 9.81. The molecule has 1 amide bonds. The summed E-state index contributed by atoms with van der Waals surface area (Å²) in [5, 5.41) is 0. The number of likely N-dealkylation sites (tertiary alicyclic amines) is 2. The van der Waals surface area contributed by atoms with E-state index in [2.05, 4.69) is 18.7 Å². The summed E-state index contributed by atoms with van der Waals surface area (Å²) in [7, 11) is 0. The average molecular weight is 415 g/mol. The van der Waals surface area contributed by atoms with E-state index in [1.807, 2.05) is 30.0 Å². The Balaban J connectivity index is 1.51. The largest absolute Gasteiger partial charge is 0.338 e. The van der Waals surface area contributed by atoms with E-state index in [0.29, 0.717) is 12.0 Å². The van der Waals surface area contributed by atoms with Gasteiger partial charge in [-0.05, 0) is 94.3 Å². The Hall–Kier alpha value is -1.72. The molecule has 0 bridgehead atoms. The smallest absolute Gasteiger partial charge is 0.264 e. The van der Waals surface area contributed by atoms with Crippen LogP contribution in [0.4, 0.5) is 4.39 Å². The van der Waals surface area contributed by atoms with Gasteiger partial charge in [0, 0.05) is 24.0 Å². The lowest BCUT2D eigenvalue weighted by atomic mass is 9.88. The number of hydrogen-bond acceptors (Lipinski definition) is 3. The minimum Gasteiger partial charge on any atom is -0.338 e. The Kier molecular flexibility index (Phi) is 6.07. The fraction of sp³-hybridized carbons (Fsp3) is 0.542. The van der Waals surface area contributed by atoms with Gasteiger partial charge in [-0.25, -0.2) is 4.39 Å². The molecule has 0 saturated carbocycles. The van der Waals surface area contributed by atoms with Crippen molar-refractivity contribution in [2.24, 2.45) is 0 Å². The van der Waals surface area contributed by atoms with Crippen molar-refractivity contribution in [1.29, 1.82) is 0 Å². The molecule has 2 aromatic rings. The summed E-state index contributed by atoms with van der Waals surface area (Å²) < 4.78 is 15.0. The van der Waals surface area contributed by atoms with Crippen LogP contribution in [0.15, 0.2) is 24.3 Å². The van der Waals surface area contributed by atoms with Crippen molar-refractivity contribution < 1.29 is 9.18 Å². The van der Waals surface area contributed by atoms with Crippen LogP contribution in [0, 0.1) is 12.7 Å². The van der Waals surface area contributed by atoms with E-state index in [4.69, 9.17) is 0 Å². The zero-order chi connectivity index (χ0) is 20.5. The molecule has 0 unspecified atom stereocenters. The van der Waals surface area contributed by atoms with Crippen molar-refractivity contribution >= 4 is 17.2 Å². The lowest BCUT2D eigenvalue weighted by Crippen LogP contribution is -2.37. The van der Waals surface area contributed by atoms with E-state index in [0.717, 1.165) is 78.3 Å². The van der Waals surface area contributed by atoms with Crippen molar-refractivity contribution in [2.75, 3.05) is 26.2 Å². The highest BCUT2D eigenvalue weighted by Crippen LogP contribution is 2.36.